The number of hydrogen-bond donors (Lipinski definition) is 2. The number of rotatable bonds is 4. The summed E-state index contributed by atoms with van der Waals surface area (Å²) in [5, 5.41) is 6.09. The number of aromatic nitrogens is 1. The fraction of sp³-hybridized carbons (Fsp3) is 0.500. The molecule has 4 nitrogen and oxygen atoms in total. The molecular weight excluding hydrogens is 238 g/mol. The largest absolute Gasteiger partial charge is 0.335 e. The molecule has 1 heterocycles. The zero-order valence-electron chi connectivity index (χ0n) is 10.3. The number of nitrogens with one attached hydrogen (secondary N) is 2. The number of urea groups is 1. The molecule has 0 saturated carbocycles. The quantitative estimate of drug-likeness (QED) is 0.813. The molecule has 1 aromatic heterocycles. The summed E-state index contributed by atoms with van der Waals surface area (Å²) in [7, 11) is 0. The molecule has 17 heavy (non-hydrogen) atoms. The number of amides is 2. The van der Waals surface area contributed by atoms with E-state index in [1.54, 1.807) is 12.3 Å². The fourth-order valence-electron chi connectivity index (χ4n) is 1.12. The van der Waals surface area contributed by atoms with Crippen molar-refractivity contribution in [2.24, 2.45) is 5.92 Å². The molecule has 0 radical (unpaired) electrons. The highest BCUT2D eigenvalue weighted by Crippen LogP contribution is 2.04. The predicted molar refractivity (Wildman–Crippen MR) is 68.9 cm³/mol. The molecule has 2 N–H and O–H groups in total. The van der Waals surface area contributed by atoms with E-state index in [1.165, 1.54) is 0 Å². The van der Waals surface area contributed by atoms with Gasteiger partial charge in [-0.1, -0.05) is 31.5 Å². The van der Waals surface area contributed by atoms with Crippen LogP contribution in [0, 0.1) is 5.92 Å². The minimum absolute atomic E-state index is 0.151. The third-order valence-corrected chi connectivity index (χ3v) is 2.82. The Morgan fingerprint density at radius 3 is 2.65 bits per heavy atom. The van der Waals surface area contributed by atoms with Crippen molar-refractivity contribution in [1.29, 1.82) is 0 Å². The number of carbonyl (C=O) groups excluding carboxylic acids is 1. The Kier molecular flexibility index (Phi) is 5.22. The average molecular weight is 256 g/mol. The van der Waals surface area contributed by atoms with E-state index >= 15 is 0 Å². The molecule has 1 unspecified atom stereocenters. The first kappa shape index (κ1) is 13.8. The van der Waals surface area contributed by atoms with Crippen LogP contribution in [0.5, 0.6) is 0 Å². The predicted octanol–water partition coefficient (Wildman–Crippen LogP) is 2.58. The summed E-state index contributed by atoms with van der Waals surface area (Å²) in [6.45, 7) is 6.55. The Bertz CT molecular complexity index is 365. The Morgan fingerprint density at radius 2 is 2.12 bits per heavy atom. The minimum atomic E-state index is -0.166. The molecule has 0 aliphatic rings. The van der Waals surface area contributed by atoms with E-state index in [-0.39, 0.29) is 12.1 Å². The summed E-state index contributed by atoms with van der Waals surface area (Å²) in [6, 6.07) is 3.52. The van der Waals surface area contributed by atoms with Gasteiger partial charge in [0.25, 0.3) is 0 Å². The average Bonchev–Trinajstić information content (AvgIpc) is 2.28. The van der Waals surface area contributed by atoms with Gasteiger partial charge in [0.1, 0.15) is 5.15 Å². The maximum atomic E-state index is 11.5. The number of carbonyl (C=O) groups is 1. The van der Waals surface area contributed by atoms with Crippen LogP contribution in [0.4, 0.5) is 4.79 Å². The van der Waals surface area contributed by atoms with Crippen molar-refractivity contribution in [3.05, 3.63) is 29.0 Å². The van der Waals surface area contributed by atoms with Gasteiger partial charge in [0.05, 0.1) is 0 Å². The summed E-state index contributed by atoms with van der Waals surface area (Å²) in [5.74, 6) is 0.415. The van der Waals surface area contributed by atoms with Crippen molar-refractivity contribution < 1.29 is 4.79 Å². The molecule has 0 fully saturated rings. The van der Waals surface area contributed by atoms with E-state index < -0.39 is 0 Å². The first-order valence-electron chi connectivity index (χ1n) is 5.64. The van der Waals surface area contributed by atoms with Gasteiger partial charge >= 0.3 is 6.03 Å². The van der Waals surface area contributed by atoms with E-state index in [4.69, 9.17) is 11.6 Å². The van der Waals surface area contributed by atoms with Crippen LogP contribution in [-0.4, -0.2) is 17.1 Å². The van der Waals surface area contributed by atoms with E-state index in [1.807, 2.05) is 13.0 Å². The molecular formula is C12H18ClN3O. The smallest absolute Gasteiger partial charge is 0.315 e. The van der Waals surface area contributed by atoms with Crippen LogP contribution in [0.15, 0.2) is 18.3 Å². The van der Waals surface area contributed by atoms with Gasteiger partial charge in [-0.15, -0.1) is 0 Å². The van der Waals surface area contributed by atoms with Crippen molar-refractivity contribution in [3.63, 3.8) is 0 Å². The highest BCUT2D eigenvalue weighted by atomic mass is 35.5. The number of nitrogens with zero attached hydrogens (tertiary/aromatic N) is 1. The summed E-state index contributed by atoms with van der Waals surface area (Å²) in [5.41, 5.74) is 0.918. The van der Waals surface area contributed by atoms with Crippen molar-refractivity contribution in [2.75, 3.05) is 0 Å². The van der Waals surface area contributed by atoms with E-state index in [0.29, 0.717) is 17.6 Å². The molecule has 0 spiro atoms. The van der Waals surface area contributed by atoms with Crippen LogP contribution in [0.25, 0.3) is 0 Å². The molecule has 0 bridgehead atoms. The second-order valence-electron chi connectivity index (χ2n) is 4.35. The third-order valence-electron chi connectivity index (χ3n) is 2.60. The number of hydrogen-bond acceptors (Lipinski definition) is 2. The second kappa shape index (κ2) is 6.45. The molecule has 0 aliphatic heterocycles. The fourth-order valence-corrected chi connectivity index (χ4v) is 1.23. The summed E-state index contributed by atoms with van der Waals surface area (Å²) >= 11 is 5.67. The normalized spacial score (nSPS) is 12.3. The molecule has 94 valence electrons. The maximum absolute atomic E-state index is 11.5. The van der Waals surface area contributed by atoms with Gasteiger partial charge in [0.2, 0.25) is 0 Å². The number of pyridine rings is 1. The molecule has 5 heteroatoms. The lowest BCUT2D eigenvalue weighted by molar-refractivity contribution is 0.234. The molecule has 1 atom stereocenters. The van der Waals surface area contributed by atoms with Gasteiger partial charge < -0.3 is 10.6 Å². The number of halogens is 1. The Morgan fingerprint density at radius 1 is 1.41 bits per heavy atom. The second-order valence-corrected chi connectivity index (χ2v) is 4.74. The molecule has 0 aromatic carbocycles. The van der Waals surface area contributed by atoms with E-state index in [9.17, 15) is 4.79 Å². The Balaban J connectivity index is 2.35. The van der Waals surface area contributed by atoms with Crippen LogP contribution < -0.4 is 10.6 Å². The standard InChI is InChI=1S/C12H18ClN3O/c1-8(2)9(3)16-12(17)15-7-10-4-5-11(13)14-6-10/h4-6,8-9H,7H2,1-3H3,(H2,15,16,17). The topological polar surface area (TPSA) is 54.0 Å². The SMILES string of the molecule is CC(C)C(C)NC(=O)NCc1ccc(Cl)nc1. The van der Waals surface area contributed by atoms with Crippen LogP contribution in [-0.2, 0) is 6.54 Å². The van der Waals surface area contributed by atoms with Gasteiger partial charge in [-0.05, 0) is 24.5 Å². The van der Waals surface area contributed by atoms with Crippen LogP contribution in [0.2, 0.25) is 5.15 Å². The molecule has 1 rings (SSSR count). The summed E-state index contributed by atoms with van der Waals surface area (Å²) in [6.07, 6.45) is 1.65. The van der Waals surface area contributed by atoms with Gasteiger partial charge in [-0.3, -0.25) is 0 Å². The Labute approximate surface area is 107 Å². The zero-order chi connectivity index (χ0) is 12.8. The van der Waals surface area contributed by atoms with Crippen molar-refractivity contribution in [3.8, 4) is 0 Å². The lowest BCUT2D eigenvalue weighted by atomic mass is 10.1. The summed E-state index contributed by atoms with van der Waals surface area (Å²) < 4.78 is 0. The first-order valence-corrected chi connectivity index (χ1v) is 6.01. The van der Waals surface area contributed by atoms with Crippen molar-refractivity contribution >= 4 is 17.6 Å². The molecule has 0 saturated heterocycles. The monoisotopic (exact) mass is 255 g/mol. The molecule has 1 aromatic rings. The Hall–Kier alpha value is -1.29. The lowest BCUT2D eigenvalue weighted by Gasteiger charge is -2.17. The zero-order valence-corrected chi connectivity index (χ0v) is 11.1. The van der Waals surface area contributed by atoms with Gasteiger partial charge in [0.15, 0.2) is 0 Å². The lowest BCUT2D eigenvalue weighted by Crippen LogP contribution is -2.42. The minimum Gasteiger partial charge on any atom is -0.335 e. The van der Waals surface area contributed by atoms with Crippen LogP contribution in [0.3, 0.4) is 0 Å². The van der Waals surface area contributed by atoms with E-state index in [2.05, 4.69) is 29.5 Å². The maximum Gasteiger partial charge on any atom is 0.315 e. The van der Waals surface area contributed by atoms with E-state index in [0.717, 1.165) is 5.56 Å². The summed E-state index contributed by atoms with van der Waals surface area (Å²) in [4.78, 5) is 15.5. The first-order chi connectivity index (χ1) is 7.99. The molecule has 2 amide bonds. The highest BCUT2D eigenvalue weighted by Gasteiger charge is 2.09. The highest BCUT2D eigenvalue weighted by molar-refractivity contribution is 6.29. The third kappa shape index (κ3) is 5.04. The van der Waals surface area contributed by atoms with Gasteiger partial charge in [-0.2, -0.15) is 0 Å². The van der Waals surface area contributed by atoms with Gasteiger partial charge in [0, 0.05) is 18.8 Å². The van der Waals surface area contributed by atoms with Crippen molar-refractivity contribution in [1.82, 2.24) is 15.6 Å². The van der Waals surface area contributed by atoms with Crippen LogP contribution >= 0.6 is 11.6 Å². The molecule has 0 aliphatic carbocycles. The van der Waals surface area contributed by atoms with Gasteiger partial charge in [-0.25, -0.2) is 9.78 Å². The van der Waals surface area contributed by atoms with Crippen LogP contribution in [0.1, 0.15) is 26.3 Å². The van der Waals surface area contributed by atoms with Crippen molar-refractivity contribution in [2.45, 2.75) is 33.4 Å².